The maximum Gasteiger partial charge on any atom is 0.254 e. The Hall–Kier alpha value is -2.65. The van der Waals surface area contributed by atoms with Crippen molar-refractivity contribution < 1.29 is 13.6 Å². The predicted molar refractivity (Wildman–Crippen MR) is 89.4 cm³/mol. The second kappa shape index (κ2) is 6.69. The number of primary amides is 1. The Balaban J connectivity index is 2.06. The molecule has 0 radical (unpaired) electrons. The van der Waals surface area contributed by atoms with Gasteiger partial charge in [0.15, 0.2) is 12.1 Å². The molecule has 25 heavy (non-hydrogen) atoms. The van der Waals surface area contributed by atoms with Crippen LogP contribution in [0.3, 0.4) is 0 Å². The van der Waals surface area contributed by atoms with Gasteiger partial charge in [0.1, 0.15) is 11.4 Å². The van der Waals surface area contributed by atoms with E-state index in [0.717, 1.165) is 18.7 Å². The summed E-state index contributed by atoms with van der Waals surface area (Å²) >= 11 is 0. The van der Waals surface area contributed by atoms with E-state index in [-0.39, 0.29) is 28.6 Å². The summed E-state index contributed by atoms with van der Waals surface area (Å²) < 4.78 is 30.5. The third-order valence-electron chi connectivity index (χ3n) is 4.06. The quantitative estimate of drug-likeness (QED) is 0.741. The summed E-state index contributed by atoms with van der Waals surface area (Å²) in [6.07, 6.45) is 3.25. The number of hydrogen-bond donors (Lipinski definition) is 3. The molecule has 0 fully saturated rings. The summed E-state index contributed by atoms with van der Waals surface area (Å²) in [6.45, 7) is 0.600. The number of nitrogens with two attached hydrogens (primary N) is 1. The Morgan fingerprint density at radius 3 is 2.92 bits per heavy atom. The number of nitrogens with zero attached hydrogens (tertiary/aromatic N) is 2. The van der Waals surface area contributed by atoms with Crippen molar-refractivity contribution >= 4 is 23.0 Å². The molecule has 1 aliphatic heterocycles. The fourth-order valence-electron chi connectivity index (χ4n) is 2.81. The number of halogens is 2. The topological polar surface area (TPSA) is 102 Å². The van der Waals surface area contributed by atoms with Crippen molar-refractivity contribution in [3.05, 3.63) is 45.2 Å². The second-order valence-electron chi connectivity index (χ2n) is 5.75. The van der Waals surface area contributed by atoms with Crippen LogP contribution in [0, 0.1) is 11.6 Å². The summed E-state index contributed by atoms with van der Waals surface area (Å²) in [5.74, 6) is -2.69. The maximum absolute atomic E-state index is 14.8. The van der Waals surface area contributed by atoms with Crippen molar-refractivity contribution in [1.29, 1.82) is 0 Å². The van der Waals surface area contributed by atoms with Gasteiger partial charge in [-0.05, 0) is 12.5 Å². The van der Waals surface area contributed by atoms with E-state index < -0.39 is 29.3 Å². The van der Waals surface area contributed by atoms with E-state index in [4.69, 9.17) is 5.73 Å². The summed E-state index contributed by atoms with van der Waals surface area (Å²) in [5.41, 5.74) is 3.73. The molecule has 1 aromatic carbocycles. The van der Waals surface area contributed by atoms with Crippen LogP contribution in [-0.4, -0.2) is 29.5 Å². The number of rotatable bonds is 4. The van der Waals surface area contributed by atoms with Crippen molar-refractivity contribution in [1.82, 2.24) is 15.2 Å². The second-order valence-corrected chi connectivity index (χ2v) is 5.75. The number of fused-ring (bicyclic) bond motifs is 1. The Kier molecular flexibility index (Phi) is 4.60. The number of carbonyl (C=O) groups excluding carboxylic acids is 1. The molecule has 9 heteroatoms. The molecule has 4 N–H and O–H groups in total. The van der Waals surface area contributed by atoms with Gasteiger partial charge in [-0.3, -0.25) is 25.2 Å². The van der Waals surface area contributed by atoms with Crippen LogP contribution in [-0.2, 0) is 13.6 Å². The number of pyridine rings is 1. The van der Waals surface area contributed by atoms with Crippen molar-refractivity contribution in [3.63, 3.8) is 0 Å². The first-order valence-corrected chi connectivity index (χ1v) is 7.68. The molecule has 0 spiro atoms. The zero-order valence-corrected chi connectivity index (χ0v) is 13.5. The van der Waals surface area contributed by atoms with Gasteiger partial charge in [0.25, 0.3) is 5.91 Å². The van der Waals surface area contributed by atoms with Gasteiger partial charge in [-0.1, -0.05) is 0 Å². The molecule has 2 aromatic rings. The SMILES string of the molecule is Cn1cc(C(N)=O)c(=O)c2cc(F)c(CNC3N=CCCN3)c(F)c21. The van der Waals surface area contributed by atoms with Crippen LogP contribution in [0.5, 0.6) is 0 Å². The van der Waals surface area contributed by atoms with E-state index >= 15 is 0 Å². The molecule has 1 unspecified atom stereocenters. The first-order valence-electron chi connectivity index (χ1n) is 7.68. The average molecular weight is 349 g/mol. The molecule has 0 saturated carbocycles. The zero-order chi connectivity index (χ0) is 18.1. The highest BCUT2D eigenvalue weighted by molar-refractivity contribution is 5.96. The number of aryl methyl sites for hydroxylation is 1. The van der Waals surface area contributed by atoms with Crippen LogP contribution in [0.1, 0.15) is 22.3 Å². The van der Waals surface area contributed by atoms with E-state index in [1.165, 1.54) is 11.6 Å². The minimum atomic E-state index is -0.949. The lowest BCUT2D eigenvalue weighted by atomic mass is 10.1. The van der Waals surface area contributed by atoms with Crippen LogP contribution < -0.4 is 21.8 Å². The van der Waals surface area contributed by atoms with Crippen LogP contribution in [0.2, 0.25) is 0 Å². The Morgan fingerprint density at radius 1 is 1.52 bits per heavy atom. The Labute approximate surface area is 141 Å². The number of aliphatic imine (C=N–C) groups is 1. The number of carbonyl (C=O) groups is 1. The van der Waals surface area contributed by atoms with Crippen molar-refractivity contribution in [2.24, 2.45) is 17.8 Å². The number of hydrogen-bond acceptors (Lipinski definition) is 5. The molecule has 0 aliphatic carbocycles. The summed E-state index contributed by atoms with van der Waals surface area (Å²) in [6, 6.07) is 0.932. The minimum Gasteiger partial charge on any atom is -0.365 e. The normalized spacial score (nSPS) is 17.2. The minimum absolute atomic E-state index is 0.0895. The molecule has 7 nitrogen and oxygen atoms in total. The third-order valence-corrected chi connectivity index (χ3v) is 4.06. The van der Waals surface area contributed by atoms with Crippen LogP contribution >= 0.6 is 0 Å². The van der Waals surface area contributed by atoms with E-state index in [1.54, 1.807) is 6.21 Å². The van der Waals surface area contributed by atoms with Gasteiger partial charge in [0.05, 0.1) is 10.9 Å². The highest BCUT2D eigenvalue weighted by Gasteiger charge is 2.21. The van der Waals surface area contributed by atoms with Gasteiger partial charge < -0.3 is 10.3 Å². The fraction of sp³-hybridized carbons (Fsp3) is 0.312. The first kappa shape index (κ1) is 17.2. The zero-order valence-electron chi connectivity index (χ0n) is 13.5. The molecule has 2 heterocycles. The van der Waals surface area contributed by atoms with Crippen molar-refractivity contribution in [2.75, 3.05) is 6.54 Å². The molecule has 3 rings (SSSR count). The number of benzene rings is 1. The summed E-state index contributed by atoms with van der Waals surface area (Å²) in [4.78, 5) is 27.7. The lowest BCUT2D eigenvalue weighted by Gasteiger charge is -2.20. The molecule has 0 bridgehead atoms. The van der Waals surface area contributed by atoms with E-state index in [0.29, 0.717) is 6.54 Å². The highest BCUT2D eigenvalue weighted by atomic mass is 19.1. The van der Waals surface area contributed by atoms with Gasteiger partial charge in [0.2, 0.25) is 5.43 Å². The number of amides is 1. The predicted octanol–water partition coefficient (Wildman–Crippen LogP) is 0.353. The maximum atomic E-state index is 14.8. The van der Waals surface area contributed by atoms with Crippen LogP contribution in [0.4, 0.5) is 8.78 Å². The number of nitrogens with one attached hydrogen (secondary N) is 2. The average Bonchev–Trinajstić information content (AvgIpc) is 2.58. The summed E-state index contributed by atoms with van der Waals surface area (Å²) in [7, 11) is 1.46. The Bertz CT molecular complexity index is 938. The summed E-state index contributed by atoms with van der Waals surface area (Å²) in [5, 5.41) is 5.71. The lowest BCUT2D eigenvalue weighted by molar-refractivity contribution is 0.0999. The molecular formula is C16H17F2N5O2. The molecule has 132 valence electrons. The highest BCUT2D eigenvalue weighted by Crippen LogP contribution is 2.22. The van der Waals surface area contributed by atoms with Gasteiger partial charge in [-0.2, -0.15) is 0 Å². The molecule has 1 aliphatic rings. The van der Waals surface area contributed by atoms with Crippen molar-refractivity contribution in [2.45, 2.75) is 19.3 Å². The van der Waals surface area contributed by atoms with E-state index in [9.17, 15) is 18.4 Å². The van der Waals surface area contributed by atoms with Gasteiger partial charge >= 0.3 is 0 Å². The van der Waals surface area contributed by atoms with Gasteiger partial charge in [-0.15, -0.1) is 0 Å². The Morgan fingerprint density at radius 2 is 2.28 bits per heavy atom. The van der Waals surface area contributed by atoms with Crippen LogP contribution in [0.15, 0.2) is 22.1 Å². The molecule has 0 saturated heterocycles. The largest absolute Gasteiger partial charge is 0.365 e. The van der Waals surface area contributed by atoms with E-state index in [1.807, 2.05) is 0 Å². The lowest BCUT2D eigenvalue weighted by Crippen LogP contribution is -2.43. The molecular weight excluding hydrogens is 332 g/mol. The van der Waals surface area contributed by atoms with Crippen molar-refractivity contribution in [3.8, 4) is 0 Å². The standard InChI is InChI=1S/C16H17F2N5O2/c1-23-7-10(15(19)25)14(24)8-5-11(17)9(12(18)13(8)23)6-22-16-20-3-2-4-21-16/h3,5,7,16,21-22H,2,4,6H2,1H3,(H2,19,25). The first-order chi connectivity index (χ1) is 11.9. The molecule has 1 amide bonds. The van der Waals surface area contributed by atoms with E-state index in [2.05, 4.69) is 15.6 Å². The van der Waals surface area contributed by atoms with Gasteiger partial charge in [-0.25, -0.2) is 8.78 Å². The van der Waals surface area contributed by atoms with Gasteiger partial charge in [0, 0.05) is 38.1 Å². The molecule has 1 atom stereocenters. The van der Waals surface area contributed by atoms with Crippen LogP contribution in [0.25, 0.3) is 10.9 Å². The molecule has 1 aromatic heterocycles. The smallest absolute Gasteiger partial charge is 0.254 e. The fourth-order valence-corrected chi connectivity index (χ4v) is 2.81. The number of aromatic nitrogens is 1. The third kappa shape index (κ3) is 3.15. The monoisotopic (exact) mass is 349 g/mol.